The summed E-state index contributed by atoms with van der Waals surface area (Å²) in [5.41, 5.74) is 9.80. The van der Waals surface area contributed by atoms with Gasteiger partial charge in [0, 0.05) is 25.8 Å². The highest BCUT2D eigenvalue weighted by molar-refractivity contribution is 5.41. The molecule has 1 atom stereocenters. The molecule has 0 spiro atoms. The van der Waals surface area contributed by atoms with Crippen molar-refractivity contribution in [1.29, 1.82) is 0 Å². The second-order valence-electron chi connectivity index (χ2n) is 4.20. The fourth-order valence-electron chi connectivity index (χ4n) is 2.23. The maximum Gasteiger partial charge on any atom is 0.126 e. The smallest absolute Gasteiger partial charge is 0.126 e. The summed E-state index contributed by atoms with van der Waals surface area (Å²) in [5, 5.41) is 4.14. The summed E-state index contributed by atoms with van der Waals surface area (Å²) < 4.78 is 7.01. The van der Waals surface area contributed by atoms with Crippen molar-refractivity contribution >= 4 is 5.82 Å². The molecule has 5 N–H and O–H groups in total. The van der Waals surface area contributed by atoms with Crippen molar-refractivity contribution in [2.24, 2.45) is 18.8 Å². The molecule has 1 aromatic heterocycles. The Bertz CT molecular complexity index is 345. The first-order chi connectivity index (χ1) is 7.74. The van der Waals surface area contributed by atoms with Crippen molar-refractivity contribution in [3.05, 3.63) is 11.8 Å². The predicted molar refractivity (Wildman–Crippen MR) is 61.2 cm³/mol. The standard InChI is InChI=1S/C10H19N5O/c1-15-10(11)8(6-13-15)9(14-12)7-2-4-16-5-3-7/h6-7,9,14H,2-5,11-12H2,1H3. The fraction of sp³-hybridized carbons (Fsp3) is 0.700. The van der Waals surface area contributed by atoms with Gasteiger partial charge in [-0.2, -0.15) is 5.10 Å². The quantitative estimate of drug-likeness (QED) is 0.495. The Balaban J connectivity index is 2.18. The van der Waals surface area contributed by atoms with Crippen LogP contribution < -0.4 is 17.0 Å². The number of rotatable bonds is 3. The Morgan fingerprint density at radius 1 is 1.56 bits per heavy atom. The van der Waals surface area contributed by atoms with Crippen molar-refractivity contribution in [1.82, 2.24) is 15.2 Å². The number of ether oxygens (including phenoxy) is 1. The van der Waals surface area contributed by atoms with Crippen molar-refractivity contribution < 1.29 is 4.74 Å². The topological polar surface area (TPSA) is 91.1 Å². The van der Waals surface area contributed by atoms with Crippen LogP contribution in [0.1, 0.15) is 24.4 Å². The third-order valence-electron chi connectivity index (χ3n) is 3.27. The molecule has 0 saturated carbocycles. The minimum atomic E-state index is 0.0672. The van der Waals surface area contributed by atoms with Gasteiger partial charge >= 0.3 is 0 Å². The van der Waals surface area contributed by atoms with Crippen LogP contribution in [0.3, 0.4) is 0 Å². The van der Waals surface area contributed by atoms with E-state index < -0.39 is 0 Å². The van der Waals surface area contributed by atoms with Crippen LogP contribution in [0.5, 0.6) is 0 Å². The Kier molecular flexibility index (Phi) is 3.42. The van der Waals surface area contributed by atoms with Gasteiger partial charge in [0.15, 0.2) is 0 Å². The van der Waals surface area contributed by atoms with Crippen LogP contribution in [0.15, 0.2) is 6.20 Å². The number of nitrogens with one attached hydrogen (secondary N) is 1. The van der Waals surface area contributed by atoms with Crippen molar-refractivity contribution in [3.8, 4) is 0 Å². The summed E-state index contributed by atoms with van der Waals surface area (Å²) in [6, 6.07) is 0.0672. The third kappa shape index (κ3) is 2.04. The molecule has 0 bridgehead atoms. The molecule has 1 saturated heterocycles. The normalized spacial score (nSPS) is 19.9. The monoisotopic (exact) mass is 225 g/mol. The van der Waals surface area contributed by atoms with Crippen LogP contribution in [-0.4, -0.2) is 23.0 Å². The number of nitrogen functional groups attached to an aromatic ring is 1. The van der Waals surface area contributed by atoms with E-state index in [-0.39, 0.29) is 6.04 Å². The molecule has 16 heavy (non-hydrogen) atoms. The highest BCUT2D eigenvalue weighted by Gasteiger charge is 2.27. The highest BCUT2D eigenvalue weighted by Crippen LogP contribution is 2.31. The van der Waals surface area contributed by atoms with Gasteiger partial charge in [-0.05, 0) is 18.8 Å². The minimum Gasteiger partial charge on any atom is -0.384 e. The molecule has 2 heterocycles. The van der Waals surface area contributed by atoms with Gasteiger partial charge in [0.25, 0.3) is 0 Å². The molecular weight excluding hydrogens is 206 g/mol. The molecule has 0 aromatic carbocycles. The van der Waals surface area contributed by atoms with E-state index in [1.807, 2.05) is 7.05 Å². The molecule has 1 aromatic rings. The third-order valence-corrected chi connectivity index (χ3v) is 3.27. The second kappa shape index (κ2) is 4.82. The maximum atomic E-state index is 5.96. The average molecular weight is 225 g/mol. The molecule has 90 valence electrons. The Morgan fingerprint density at radius 3 is 2.75 bits per heavy atom. The van der Waals surface area contributed by atoms with E-state index in [1.165, 1.54) is 0 Å². The van der Waals surface area contributed by atoms with Gasteiger partial charge in [0.05, 0.1) is 12.2 Å². The van der Waals surface area contributed by atoms with Gasteiger partial charge in [-0.25, -0.2) is 0 Å². The molecule has 1 unspecified atom stereocenters. The number of nitrogens with zero attached hydrogens (tertiary/aromatic N) is 2. The fourth-order valence-corrected chi connectivity index (χ4v) is 2.23. The summed E-state index contributed by atoms with van der Waals surface area (Å²) in [4.78, 5) is 0. The summed E-state index contributed by atoms with van der Waals surface area (Å²) in [7, 11) is 1.83. The van der Waals surface area contributed by atoms with Crippen molar-refractivity contribution in [2.45, 2.75) is 18.9 Å². The van der Waals surface area contributed by atoms with Crippen LogP contribution in [0, 0.1) is 5.92 Å². The number of aromatic nitrogens is 2. The van der Waals surface area contributed by atoms with Gasteiger partial charge < -0.3 is 10.5 Å². The lowest BCUT2D eigenvalue weighted by atomic mass is 9.88. The van der Waals surface area contributed by atoms with E-state index >= 15 is 0 Å². The number of anilines is 1. The number of nitrogens with two attached hydrogens (primary N) is 2. The van der Waals surface area contributed by atoms with Gasteiger partial charge in [-0.15, -0.1) is 0 Å². The first-order valence-corrected chi connectivity index (χ1v) is 5.55. The zero-order valence-electron chi connectivity index (χ0n) is 9.52. The highest BCUT2D eigenvalue weighted by atomic mass is 16.5. The molecule has 2 rings (SSSR count). The van der Waals surface area contributed by atoms with E-state index in [9.17, 15) is 0 Å². The first-order valence-electron chi connectivity index (χ1n) is 5.55. The lowest BCUT2D eigenvalue weighted by Gasteiger charge is -2.29. The SMILES string of the molecule is Cn1ncc(C(NN)C2CCOCC2)c1N. The zero-order valence-corrected chi connectivity index (χ0v) is 9.52. The lowest BCUT2D eigenvalue weighted by molar-refractivity contribution is 0.0537. The molecule has 0 radical (unpaired) electrons. The van der Waals surface area contributed by atoms with Gasteiger partial charge in [-0.1, -0.05) is 0 Å². The zero-order chi connectivity index (χ0) is 11.5. The van der Waals surface area contributed by atoms with E-state index in [0.29, 0.717) is 11.7 Å². The molecular formula is C10H19N5O. The predicted octanol–water partition coefficient (Wildman–Crippen LogP) is -0.0667. The summed E-state index contributed by atoms with van der Waals surface area (Å²) >= 11 is 0. The molecule has 0 amide bonds. The molecule has 0 aliphatic carbocycles. The van der Waals surface area contributed by atoms with Gasteiger partial charge in [0.2, 0.25) is 0 Å². The number of hydrogen-bond acceptors (Lipinski definition) is 5. The maximum absolute atomic E-state index is 5.96. The van der Waals surface area contributed by atoms with E-state index in [2.05, 4.69) is 10.5 Å². The second-order valence-corrected chi connectivity index (χ2v) is 4.20. The van der Waals surface area contributed by atoms with Gasteiger partial charge in [0.1, 0.15) is 5.82 Å². The Labute approximate surface area is 94.9 Å². The molecule has 6 heteroatoms. The minimum absolute atomic E-state index is 0.0672. The van der Waals surface area contributed by atoms with Crippen LogP contribution in [0.2, 0.25) is 0 Å². The molecule has 1 aliphatic heterocycles. The average Bonchev–Trinajstić information content (AvgIpc) is 2.64. The van der Waals surface area contributed by atoms with E-state index in [0.717, 1.165) is 31.6 Å². The van der Waals surface area contributed by atoms with Crippen LogP contribution >= 0.6 is 0 Å². The molecule has 1 aliphatic rings. The largest absolute Gasteiger partial charge is 0.384 e. The van der Waals surface area contributed by atoms with Crippen LogP contribution in [-0.2, 0) is 11.8 Å². The van der Waals surface area contributed by atoms with Crippen molar-refractivity contribution in [3.63, 3.8) is 0 Å². The first kappa shape index (κ1) is 11.4. The summed E-state index contributed by atoms with van der Waals surface area (Å²) in [6.45, 7) is 1.59. The molecule has 1 fully saturated rings. The number of hydrazine groups is 1. The van der Waals surface area contributed by atoms with Crippen molar-refractivity contribution in [2.75, 3.05) is 18.9 Å². The number of aryl methyl sites for hydroxylation is 1. The van der Waals surface area contributed by atoms with Gasteiger partial charge in [-0.3, -0.25) is 16.0 Å². The van der Waals surface area contributed by atoms with Crippen LogP contribution in [0.4, 0.5) is 5.82 Å². The number of hydrogen-bond donors (Lipinski definition) is 3. The van der Waals surface area contributed by atoms with E-state index in [4.69, 9.17) is 16.3 Å². The molecule has 6 nitrogen and oxygen atoms in total. The Hall–Kier alpha value is -1.11. The van der Waals surface area contributed by atoms with Crippen LogP contribution in [0.25, 0.3) is 0 Å². The Morgan fingerprint density at radius 2 is 2.25 bits per heavy atom. The summed E-state index contributed by atoms with van der Waals surface area (Å²) in [5.74, 6) is 6.77. The lowest BCUT2D eigenvalue weighted by Crippen LogP contribution is -2.36. The summed E-state index contributed by atoms with van der Waals surface area (Å²) in [6.07, 6.45) is 3.79. The van der Waals surface area contributed by atoms with E-state index in [1.54, 1.807) is 10.9 Å².